The van der Waals surface area contributed by atoms with Crippen LogP contribution in [0.2, 0.25) is 0 Å². The number of nitrogens with one attached hydrogen (secondary N) is 2. The summed E-state index contributed by atoms with van der Waals surface area (Å²) in [6.45, 7) is 1.42. The second-order valence-electron chi connectivity index (χ2n) is 1.80. The Morgan fingerprint density at radius 3 is 1.19 bits per heavy atom. The van der Waals surface area contributed by atoms with Crippen molar-refractivity contribution >= 4 is 87.5 Å². The van der Waals surface area contributed by atoms with Crippen LogP contribution in [0.1, 0.15) is 0 Å². The van der Waals surface area contributed by atoms with Crippen LogP contribution >= 0.6 is 74.5 Å². The predicted molar refractivity (Wildman–Crippen MR) is 84.9 cm³/mol. The maximum atomic E-state index is 4.71. The summed E-state index contributed by atoms with van der Waals surface area (Å²) < 4.78 is 1.18. The van der Waals surface area contributed by atoms with Crippen molar-refractivity contribution in [1.29, 1.82) is 0 Å². The van der Waals surface area contributed by atoms with Crippen LogP contribution in [-0.2, 0) is 39.0 Å². The molecule has 0 aliphatic carbocycles. The Bertz CT molecular complexity index is 194. The largest absolute Gasteiger partial charge is 0.385 e. The fourth-order valence-electron chi connectivity index (χ4n) is 0.339. The van der Waals surface area contributed by atoms with E-state index in [1.165, 1.54) is 0 Å². The van der Waals surface area contributed by atoms with Gasteiger partial charge in [-0.3, -0.25) is 0 Å². The molecule has 0 radical (unpaired) electrons. The van der Waals surface area contributed by atoms with Crippen molar-refractivity contribution in [1.82, 2.24) is 10.6 Å². The molecule has 86 valence electrons. The second kappa shape index (κ2) is 19.3. The van der Waals surface area contributed by atoms with E-state index in [1.54, 1.807) is 0 Å². The van der Waals surface area contributed by atoms with Gasteiger partial charge in [0.15, 0.2) is 0 Å². The van der Waals surface area contributed by atoms with E-state index < -0.39 is 0 Å². The Morgan fingerprint density at radius 1 is 0.875 bits per heavy atom. The van der Waals surface area contributed by atoms with Gasteiger partial charge in [0.25, 0.3) is 0 Å². The normalized spacial score (nSPS) is 6.94. The van der Waals surface area contributed by atoms with E-state index in [1.807, 2.05) is 0 Å². The van der Waals surface area contributed by atoms with Crippen molar-refractivity contribution in [2.45, 2.75) is 0 Å². The van der Waals surface area contributed by atoms with Crippen molar-refractivity contribution < 1.29 is 39.0 Å². The Kier molecular flexibility index (Phi) is 32.0. The van der Waals surface area contributed by atoms with E-state index in [-0.39, 0.29) is 43.3 Å². The first-order valence-electron chi connectivity index (χ1n) is 3.28. The van der Waals surface area contributed by atoms with Gasteiger partial charge in [-0.25, -0.2) is 0 Å². The molecule has 16 heavy (non-hydrogen) atoms. The number of nitrogens with two attached hydrogens (primary N) is 1. The van der Waals surface area contributed by atoms with Crippen LogP contribution in [0.4, 0.5) is 0 Å². The first kappa shape index (κ1) is 26.5. The molecule has 0 rings (SSSR count). The molecule has 0 fully saturated rings. The number of thiocarbonyl (C=S) groups is 3. The van der Waals surface area contributed by atoms with Gasteiger partial charge < -0.3 is 16.4 Å². The zero-order valence-corrected chi connectivity index (χ0v) is 19.5. The van der Waals surface area contributed by atoms with Gasteiger partial charge >= 0.3 is 0 Å². The minimum absolute atomic E-state index is 0. The van der Waals surface area contributed by atoms with E-state index in [0.29, 0.717) is 21.7 Å². The van der Waals surface area contributed by atoms with Gasteiger partial charge in [0.1, 0.15) is 13.0 Å². The minimum atomic E-state index is 0. The summed E-state index contributed by atoms with van der Waals surface area (Å²) in [4.78, 5) is 0. The summed E-state index contributed by atoms with van der Waals surface area (Å²) >= 11 is 24.7. The molecular weight excluding hydrogens is 425 g/mol. The second-order valence-corrected chi connectivity index (χ2v) is 5.34. The van der Waals surface area contributed by atoms with Gasteiger partial charge in [0.05, 0.1) is 0 Å². The van der Waals surface area contributed by atoms with Crippen LogP contribution in [0.15, 0.2) is 0 Å². The van der Waals surface area contributed by atoms with Gasteiger partial charge in [-0.05, 0) is 0 Å². The number of thiol groups is 3. The fourth-order valence-corrected chi connectivity index (χ4v) is 0.767. The molecule has 0 aliphatic heterocycles. The monoisotopic (exact) mass is 433 g/mol. The molecule has 0 atom stereocenters. The Hall–Kier alpha value is 1.97. The van der Waals surface area contributed by atoms with Crippen molar-refractivity contribution in [3.05, 3.63) is 0 Å². The summed E-state index contributed by atoms with van der Waals surface area (Å²) in [6.07, 6.45) is 0. The van der Waals surface area contributed by atoms with Crippen LogP contribution in [0.5, 0.6) is 0 Å². The molecule has 0 bridgehead atoms. The van der Waals surface area contributed by atoms with Crippen molar-refractivity contribution in [2.75, 3.05) is 13.1 Å². The number of hydrogen-bond acceptors (Lipinski definition) is 3. The Labute approximate surface area is 154 Å². The van der Waals surface area contributed by atoms with Crippen molar-refractivity contribution in [3.63, 3.8) is 0 Å². The molecule has 11 heteroatoms. The van der Waals surface area contributed by atoms with E-state index in [2.05, 4.69) is 85.2 Å². The molecule has 0 unspecified atom stereocenters. The minimum Gasteiger partial charge on any atom is -0.385 e. The van der Waals surface area contributed by atoms with Gasteiger partial charge in [-0.2, -0.15) is 0 Å². The average Bonchev–Trinajstić information content (AvgIpc) is 1.96. The van der Waals surface area contributed by atoms with E-state index >= 15 is 0 Å². The first-order chi connectivity index (χ1) is 6.36. The first-order valence-corrected chi connectivity index (χ1v) is 5.85. The molecule has 3 nitrogen and oxygen atoms in total. The van der Waals surface area contributed by atoms with Crippen LogP contribution in [0, 0.1) is 0 Å². The number of hydrogen-bond donors (Lipinski definition) is 6. The Balaban J connectivity index is -0.000000105. The summed E-state index contributed by atoms with van der Waals surface area (Å²) in [5, 5.41) is 5.68. The average molecular weight is 436 g/mol. The molecular formula is C5H11N3S6Zn2. The molecule has 0 aromatic heterocycles. The Morgan fingerprint density at radius 2 is 1.06 bits per heavy atom. The van der Waals surface area contributed by atoms with Gasteiger partial charge in [-0.15, -0.1) is 37.9 Å². The summed E-state index contributed by atoms with van der Waals surface area (Å²) in [5.41, 5.74) is 4.71. The van der Waals surface area contributed by atoms with Crippen LogP contribution in [-0.4, -0.2) is 26.1 Å². The van der Waals surface area contributed by atoms with E-state index in [0.717, 1.165) is 0 Å². The fraction of sp³-hybridized carbons (Fsp3) is 0.400. The third-order valence-corrected chi connectivity index (χ3v) is 1.28. The van der Waals surface area contributed by atoms with Crippen LogP contribution in [0.25, 0.3) is 0 Å². The van der Waals surface area contributed by atoms with Crippen LogP contribution in [0.3, 0.4) is 0 Å². The zero-order valence-electron chi connectivity index (χ0n) is 8.47. The molecule has 0 aromatic rings. The maximum Gasteiger partial charge on any atom is 0.130 e. The molecule has 4 N–H and O–H groups in total. The van der Waals surface area contributed by atoms with Crippen LogP contribution < -0.4 is 16.4 Å². The summed E-state index contributed by atoms with van der Waals surface area (Å²) in [7, 11) is 0. The predicted octanol–water partition coefficient (Wildman–Crippen LogP) is 0.750. The molecule has 0 heterocycles. The van der Waals surface area contributed by atoms with Crippen molar-refractivity contribution in [3.8, 4) is 0 Å². The van der Waals surface area contributed by atoms with Gasteiger partial charge in [0.2, 0.25) is 0 Å². The third kappa shape index (κ3) is 44.5. The maximum absolute atomic E-state index is 4.71. The third-order valence-electron chi connectivity index (χ3n) is 0.677. The molecule has 0 saturated heterocycles. The molecule has 0 aromatic carbocycles. The van der Waals surface area contributed by atoms with E-state index in [4.69, 9.17) is 5.73 Å². The van der Waals surface area contributed by atoms with Crippen molar-refractivity contribution in [2.24, 2.45) is 5.73 Å². The molecule has 0 saturated carbocycles. The smallest absolute Gasteiger partial charge is 0.130 e. The summed E-state index contributed by atoms with van der Waals surface area (Å²) in [5.74, 6) is 0. The summed E-state index contributed by atoms with van der Waals surface area (Å²) in [6, 6.07) is 0. The topological polar surface area (TPSA) is 50.1 Å². The SMILES string of the molecule is NC(=S)S.S=C(S)NCCNC(=S)S.[Zn].[Zn]. The molecule has 0 amide bonds. The van der Waals surface area contributed by atoms with Gasteiger partial charge in [-0.1, -0.05) is 36.7 Å². The van der Waals surface area contributed by atoms with E-state index in [9.17, 15) is 0 Å². The molecule has 0 aliphatic rings. The standard InChI is InChI=1S/C4H8N2S4.CH3NS2.2Zn/c7-3(8)5-1-2-6-4(9)10;2-1(3)4;;/h1-2H2,(H2,5,7,8)(H2,6,9,10);(H3,2,3,4);;. The van der Waals surface area contributed by atoms with Gasteiger partial charge in [0, 0.05) is 52.0 Å². The zero-order chi connectivity index (χ0) is 11.6. The number of rotatable bonds is 3. The quantitative estimate of drug-likeness (QED) is 0.170. The molecule has 0 spiro atoms.